The van der Waals surface area contributed by atoms with Crippen molar-refractivity contribution in [3.05, 3.63) is 75.0 Å². The number of hydrogen-bond donors (Lipinski definition) is 1. The van der Waals surface area contributed by atoms with Crippen LogP contribution in [0.25, 0.3) is 10.9 Å². The number of nitrogens with one attached hydrogen (secondary N) is 1. The Balaban J connectivity index is 2.00. The van der Waals surface area contributed by atoms with Crippen LogP contribution in [0, 0.1) is 0 Å². The molecule has 0 saturated heterocycles. The summed E-state index contributed by atoms with van der Waals surface area (Å²) >= 11 is 3.49. The fourth-order valence-corrected chi connectivity index (χ4v) is 6.47. The molecule has 3 aromatic rings. The van der Waals surface area contributed by atoms with Gasteiger partial charge < -0.3 is 4.98 Å². The SMILES string of the molecule is CC1=CC(Br)=CC(c2cnn(C)c2)C1(C)S(=O)(=O)n1ccc2cc[nH]c(=O)c21. The molecule has 4 rings (SSSR count). The summed E-state index contributed by atoms with van der Waals surface area (Å²) in [7, 11) is -2.21. The Hall–Kier alpha value is -2.39. The van der Waals surface area contributed by atoms with Crippen molar-refractivity contribution in [3.8, 4) is 0 Å². The molecule has 1 aliphatic carbocycles. The Labute approximate surface area is 170 Å². The maximum atomic E-state index is 13.9. The van der Waals surface area contributed by atoms with Gasteiger partial charge in [0.15, 0.2) is 0 Å². The highest BCUT2D eigenvalue weighted by atomic mass is 79.9. The second-order valence-corrected chi connectivity index (χ2v) is 10.2. The lowest BCUT2D eigenvalue weighted by Crippen LogP contribution is -2.46. The van der Waals surface area contributed by atoms with E-state index in [1.807, 2.05) is 12.3 Å². The van der Waals surface area contributed by atoms with Crippen molar-refractivity contribution in [2.24, 2.45) is 7.05 Å². The number of H-pyrrole nitrogens is 1. The number of pyridine rings is 1. The van der Waals surface area contributed by atoms with E-state index in [0.717, 1.165) is 14.0 Å². The van der Waals surface area contributed by atoms with Crippen LogP contribution in [0.3, 0.4) is 0 Å². The van der Waals surface area contributed by atoms with E-state index in [-0.39, 0.29) is 5.52 Å². The normalized spacial score (nSPS) is 22.9. The van der Waals surface area contributed by atoms with Gasteiger partial charge in [0, 0.05) is 41.4 Å². The monoisotopic (exact) mass is 462 g/mol. The third kappa shape index (κ3) is 2.56. The second-order valence-electron chi connectivity index (χ2n) is 7.14. The molecule has 2 unspecified atom stereocenters. The highest BCUT2D eigenvalue weighted by Crippen LogP contribution is 2.47. The average molecular weight is 463 g/mol. The molecule has 7 nitrogen and oxygen atoms in total. The van der Waals surface area contributed by atoms with Gasteiger partial charge in [-0.15, -0.1) is 0 Å². The van der Waals surface area contributed by atoms with Crippen molar-refractivity contribution in [3.63, 3.8) is 0 Å². The quantitative estimate of drug-likeness (QED) is 0.647. The fraction of sp³-hybridized carbons (Fsp3) is 0.263. The van der Waals surface area contributed by atoms with Gasteiger partial charge in [-0.2, -0.15) is 5.10 Å². The molecule has 0 aliphatic heterocycles. The van der Waals surface area contributed by atoms with Crippen molar-refractivity contribution in [2.75, 3.05) is 0 Å². The number of nitrogens with zero attached hydrogens (tertiary/aromatic N) is 3. The van der Waals surface area contributed by atoms with E-state index >= 15 is 0 Å². The lowest BCUT2D eigenvalue weighted by atomic mass is 9.80. The van der Waals surface area contributed by atoms with E-state index < -0.39 is 26.2 Å². The van der Waals surface area contributed by atoms with Crippen LogP contribution < -0.4 is 5.56 Å². The molecule has 1 N–H and O–H groups in total. The van der Waals surface area contributed by atoms with Crippen molar-refractivity contribution in [1.82, 2.24) is 18.7 Å². The van der Waals surface area contributed by atoms with Crippen LogP contribution in [0.5, 0.6) is 0 Å². The van der Waals surface area contributed by atoms with Gasteiger partial charge in [0.05, 0.1) is 6.20 Å². The van der Waals surface area contributed by atoms with Gasteiger partial charge in [-0.1, -0.05) is 22.0 Å². The van der Waals surface area contributed by atoms with E-state index in [1.165, 1.54) is 12.4 Å². The summed E-state index contributed by atoms with van der Waals surface area (Å²) in [6.45, 7) is 3.50. The van der Waals surface area contributed by atoms with Crippen molar-refractivity contribution in [2.45, 2.75) is 24.5 Å². The van der Waals surface area contributed by atoms with Gasteiger partial charge in [0.25, 0.3) is 5.56 Å². The van der Waals surface area contributed by atoms with Crippen LogP contribution >= 0.6 is 15.9 Å². The molecular weight excluding hydrogens is 444 g/mol. The van der Waals surface area contributed by atoms with Gasteiger partial charge in [-0.25, -0.2) is 12.4 Å². The zero-order chi connectivity index (χ0) is 20.3. The first kappa shape index (κ1) is 18.9. The molecule has 28 heavy (non-hydrogen) atoms. The van der Waals surface area contributed by atoms with Crippen LogP contribution in [-0.2, 0) is 17.1 Å². The minimum atomic E-state index is -4.00. The Morgan fingerprint density at radius 3 is 2.75 bits per heavy atom. The second kappa shape index (κ2) is 6.31. The minimum Gasteiger partial charge on any atom is -0.327 e. The largest absolute Gasteiger partial charge is 0.327 e. The van der Waals surface area contributed by atoms with E-state index in [1.54, 1.807) is 50.0 Å². The number of aromatic amines is 1. The Bertz CT molecular complexity index is 1310. The lowest BCUT2D eigenvalue weighted by Gasteiger charge is -2.38. The first-order valence-corrected chi connectivity index (χ1v) is 10.9. The number of hydrogen-bond acceptors (Lipinski definition) is 4. The minimum absolute atomic E-state index is 0.120. The maximum absolute atomic E-state index is 13.9. The van der Waals surface area contributed by atoms with Crippen LogP contribution in [-0.4, -0.2) is 31.9 Å². The van der Waals surface area contributed by atoms with E-state index in [4.69, 9.17) is 0 Å². The molecule has 0 amide bonds. The molecule has 0 saturated carbocycles. The van der Waals surface area contributed by atoms with Crippen LogP contribution in [0.1, 0.15) is 25.3 Å². The molecule has 9 heteroatoms. The zero-order valence-electron chi connectivity index (χ0n) is 15.5. The number of allylic oxidation sites excluding steroid dienone is 3. The molecule has 0 bridgehead atoms. The molecule has 0 spiro atoms. The first-order valence-electron chi connectivity index (χ1n) is 8.65. The third-order valence-electron chi connectivity index (χ3n) is 5.51. The topological polar surface area (TPSA) is 89.8 Å². The first-order chi connectivity index (χ1) is 13.2. The Morgan fingerprint density at radius 1 is 1.32 bits per heavy atom. The highest BCUT2D eigenvalue weighted by Gasteiger charge is 2.50. The molecule has 2 atom stereocenters. The van der Waals surface area contributed by atoms with Gasteiger partial charge >= 0.3 is 0 Å². The fourth-order valence-electron chi connectivity index (χ4n) is 3.82. The summed E-state index contributed by atoms with van der Waals surface area (Å²) in [5.41, 5.74) is 1.13. The number of fused-ring (bicyclic) bond motifs is 1. The van der Waals surface area contributed by atoms with Gasteiger partial charge in [-0.3, -0.25) is 9.48 Å². The molecular formula is C19H19BrN4O3S. The smallest absolute Gasteiger partial charge is 0.273 e. The lowest BCUT2D eigenvalue weighted by molar-refractivity contribution is 0.524. The molecule has 146 valence electrons. The van der Waals surface area contributed by atoms with Crippen molar-refractivity contribution in [1.29, 1.82) is 0 Å². The molecule has 3 heterocycles. The van der Waals surface area contributed by atoms with Crippen molar-refractivity contribution >= 4 is 36.9 Å². The van der Waals surface area contributed by atoms with Crippen LogP contribution in [0.15, 0.2) is 63.9 Å². The predicted molar refractivity (Wildman–Crippen MR) is 112 cm³/mol. The molecule has 0 radical (unpaired) electrons. The Morgan fingerprint density at radius 2 is 2.07 bits per heavy atom. The van der Waals surface area contributed by atoms with Crippen molar-refractivity contribution < 1.29 is 8.42 Å². The molecule has 3 aromatic heterocycles. The predicted octanol–water partition coefficient (Wildman–Crippen LogP) is 3.02. The van der Waals surface area contributed by atoms with Gasteiger partial charge in [0.1, 0.15) is 10.3 Å². The molecule has 1 aliphatic rings. The summed E-state index contributed by atoms with van der Waals surface area (Å²) in [6, 6.07) is 3.32. The highest BCUT2D eigenvalue weighted by molar-refractivity contribution is 9.11. The Kier molecular flexibility index (Phi) is 4.27. The van der Waals surface area contributed by atoms with E-state index in [2.05, 4.69) is 26.0 Å². The summed E-state index contributed by atoms with van der Waals surface area (Å²) in [6.07, 6.45) is 10.1. The molecule has 0 aromatic carbocycles. The van der Waals surface area contributed by atoms with Crippen LogP contribution in [0.2, 0.25) is 0 Å². The number of aryl methyl sites for hydroxylation is 1. The van der Waals surface area contributed by atoms with Crippen LogP contribution in [0.4, 0.5) is 0 Å². The number of halogens is 1. The van der Waals surface area contributed by atoms with E-state index in [0.29, 0.717) is 11.0 Å². The maximum Gasteiger partial charge on any atom is 0.273 e. The molecule has 0 fully saturated rings. The summed E-state index contributed by atoms with van der Waals surface area (Å²) < 4.78 is 30.1. The number of rotatable bonds is 3. The third-order valence-corrected chi connectivity index (χ3v) is 8.47. The van der Waals surface area contributed by atoms with Gasteiger partial charge in [-0.05, 0) is 43.2 Å². The average Bonchev–Trinajstić information content (AvgIpc) is 3.25. The zero-order valence-corrected chi connectivity index (χ0v) is 18.0. The number of aromatic nitrogens is 4. The summed E-state index contributed by atoms with van der Waals surface area (Å²) in [5.74, 6) is -0.481. The summed E-state index contributed by atoms with van der Waals surface area (Å²) in [4.78, 5) is 15.0. The standard InChI is InChI=1S/C19H19BrN4O3S/c1-12-8-15(20)9-16(14-10-22-23(3)11-14)19(12,2)28(26,27)24-7-5-13-4-6-21-18(25)17(13)24/h4-11,16H,1-3H3,(H,21,25). The van der Waals surface area contributed by atoms with E-state index in [9.17, 15) is 13.2 Å². The van der Waals surface area contributed by atoms with Gasteiger partial charge in [0.2, 0.25) is 10.0 Å². The summed E-state index contributed by atoms with van der Waals surface area (Å²) in [5, 5.41) is 4.78.